The lowest BCUT2D eigenvalue weighted by Gasteiger charge is -2.31. The molecule has 3 unspecified atom stereocenters. The maximum Gasteiger partial charge on any atom is 0.405 e. The molecular weight excluding hydrogens is 624 g/mol. The topological polar surface area (TPSA) is 150 Å². The first kappa shape index (κ1) is 30.6. The number of anilines is 2. The Morgan fingerprint density at radius 3 is 2.50 bits per heavy atom. The Kier molecular flexibility index (Phi) is 7.75. The number of sulfone groups is 1. The number of alkyl halides is 3. The Morgan fingerprint density at radius 1 is 1.09 bits per heavy atom. The minimum atomic E-state index is -4.55. The molecule has 6 rings (SSSR count). The van der Waals surface area contributed by atoms with Gasteiger partial charge < -0.3 is 20.8 Å². The maximum atomic E-state index is 13.3. The molecule has 2 aliphatic rings. The number of aryl methyl sites for hydroxylation is 1. The number of aliphatic hydroxyl groups excluding tert-OH is 1. The van der Waals surface area contributed by atoms with Crippen LogP contribution in [0.2, 0.25) is 0 Å². The van der Waals surface area contributed by atoms with Crippen molar-refractivity contribution in [1.82, 2.24) is 19.9 Å². The highest BCUT2D eigenvalue weighted by molar-refractivity contribution is 7.91. The van der Waals surface area contributed by atoms with E-state index >= 15 is 0 Å². The molecule has 3 heterocycles. The van der Waals surface area contributed by atoms with Crippen molar-refractivity contribution in [3.8, 4) is 10.6 Å². The summed E-state index contributed by atoms with van der Waals surface area (Å²) >= 11 is 1.30. The van der Waals surface area contributed by atoms with Crippen molar-refractivity contribution in [1.29, 1.82) is 0 Å². The Balaban J connectivity index is 1.34. The van der Waals surface area contributed by atoms with Gasteiger partial charge in [0.1, 0.15) is 34.8 Å². The average Bonchev–Trinajstić information content (AvgIpc) is 3.65. The molecular formula is C28H28F4N6O4S2. The van der Waals surface area contributed by atoms with Gasteiger partial charge in [0, 0.05) is 18.0 Å². The zero-order chi connectivity index (χ0) is 31.4. The zero-order valence-corrected chi connectivity index (χ0v) is 24.9. The van der Waals surface area contributed by atoms with Gasteiger partial charge in [0.05, 0.1) is 32.3 Å². The summed E-state index contributed by atoms with van der Waals surface area (Å²) in [6.45, 7) is 0.166. The minimum absolute atomic E-state index is 0.0780. The molecule has 1 aromatic carbocycles. The minimum Gasteiger partial charge on any atom is -0.388 e. The summed E-state index contributed by atoms with van der Waals surface area (Å²) in [5, 5.41) is 28.2. The number of rotatable bonds is 9. The van der Waals surface area contributed by atoms with E-state index in [1.54, 1.807) is 13.1 Å². The number of hydrogen-bond acceptors (Lipinski definition) is 11. The molecule has 0 radical (unpaired) electrons. The van der Waals surface area contributed by atoms with Crippen LogP contribution in [0.5, 0.6) is 0 Å². The first-order valence-electron chi connectivity index (χ1n) is 13.8. The fraction of sp³-hybridized carbons (Fsp3) is 0.429. The Labute approximate surface area is 253 Å². The van der Waals surface area contributed by atoms with Gasteiger partial charge in [-0.25, -0.2) is 22.8 Å². The number of pyridine rings is 1. The van der Waals surface area contributed by atoms with Gasteiger partial charge in [0.15, 0.2) is 15.6 Å². The number of nitrogens with zero attached hydrogens (tertiary/aromatic N) is 4. The van der Waals surface area contributed by atoms with Crippen molar-refractivity contribution in [3.63, 3.8) is 0 Å². The molecule has 2 aliphatic carbocycles. The molecule has 10 nitrogen and oxygen atoms in total. The molecule has 0 spiro atoms. The van der Waals surface area contributed by atoms with Crippen molar-refractivity contribution in [2.75, 3.05) is 22.9 Å². The van der Waals surface area contributed by atoms with Crippen molar-refractivity contribution in [3.05, 3.63) is 53.7 Å². The predicted octanol–water partition coefficient (Wildman–Crippen LogP) is 4.79. The molecule has 0 amide bonds. The molecule has 2 saturated carbocycles. The van der Waals surface area contributed by atoms with E-state index in [2.05, 4.69) is 25.6 Å². The fourth-order valence-electron chi connectivity index (χ4n) is 5.45. The summed E-state index contributed by atoms with van der Waals surface area (Å²) in [6, 6.07) is 6.11. The third-order valence-corrected chi connectivity index (χ3v) is 10.7. The third kappa shape index (κ3) is 6.20. The summed E-state index contributed by atoms with van der Waals surface area (Å²) in [5.41, 5.74) is 0.0473. The quantitative estimate of drug-likeness (QED) is 0.113. The Morgan fingerprint density at radius 2 is 1.82 bits per heavy atom. The van der Waals surface area contributed by atoms with Gasteiger partial charge in [-0.05, 0) is 62.9 Å². The summed E-state index contributed by atoms with van der Waals surface area (Å²) in [5.74, 6) is -2.17. The molecule has 3 aromatic heterocycles. The molecule has 0 aliphatic heterocycles. The molecule has 234 valence electrons. The molecule has 0 saturated heterocycles. The summed E-state index contributed by atoms with van der Waals surface area (Å²) in [7, 11) is -3.95. The van der Waals surface area contributed by atoms with E-state index in [0.29, 0.717) is 22.0 Å². The van der Waals surface area contributed by atoms with Gasteiger partial charge in [-0.3, -0.25) is 4.98 Å². The van der Waals surface area contributed by atoms with Gasteiger partial charge in [-0.2, -0.15) is 18.2 Å². The predicted molar refractivity (Wildman–Crippen MR) is 155 cm³/mol. The number of thiazole rings is 1. The van der Waals surface area contributed by atoms with Crippen LogP contribution in [0.3, 0.4) is 0 Å². The highest BCUT2D eigenvalue weighted by Crippen LogP contribution is 2.45. The smallest absolute Gasteiger partial charge is 0.388 e. The fourth-order valence-corrected chi connectivity index (χ4v) is 8.18. The van der Waals surface area contributed by atoms with E-state index in [-0.39, 0.29) is 35.2 Å². The maximum absolute atomic E-state index is 13.3. The zero-order valence-electron chi connectivity index (χ0n) is 23.3. The van der Waals surface area contributed by atoms with Crippen molar-refractivity contribution in [2.45, 2.75) is 61.4 Å². The van der Waals surface area contributed by atoms with Gasteiger partial charge in [-0.1, -0.05) is 0 Å². The van der Waals surface area contributed by atoms with Gasteiger partial charge in [-0.15, -0.1) is 11.3 Å². The monoisotopic (exact) mass is 652 g/mol. The van der Waals surface area contributed by atoms with E-state index < -0.39 is 51.9 Å². The van der Waals surface area contributed by atoms with Crippen molar-refractivity contribution in [2.24, 2.45) is 5.92 Å². The molecule has 4 N–H and O–H groups in total. The Bertz CT molecular complexity index is 1820. The van der Waals surface area contributed by atoms with E-state index in [9.17, 15) is 36.2 Å². The van der Waals surface area contributed by atoms with Crippen LogP contribution in [0.15, 0.2) is 41.4 Å². The summed E-state index contributed by atoms with van der Waals surface area (Å²) in [4.78, 5) is 17.6. The summed E-state index contributed by atoms with van der Waals surface area (Å²) < 4.78 is 79.1. The van der Waals surface area contributed by atoms with Crippen molar-refractivity contribution >= 4 is 43.2 Å². The lowest BCUT2D eigenvalue weighted by Crippen LogP contribution is -2.48. The van der Waals surface area contributed by atoms with E-state index in [1.165, 1.54) is 11.3 Å². The van der Waals surface area contributed by atoms with Crippen LogP contribution < -0.4 is 10.6 Å². The largest absolute Gasteiger partial charge is 0.405 e. The molecule has 2 fully saturated rings. The molecule has 16 heteroatoms. The van der Waals surface area contributed by atoms with E-state index in [0.717, 1.165) is 47.5 Å². The lowest BCUT2D eigenvalue weighted by molar-refractivity contribution is -0.115. The first-order chi connectivity index (χ1) is 20.7. The number of fused-ring (bicyclic) bond motifs is 1. The Hall–Kier alpha value is -3.47. The number of aromatic nitrogens is 4. The van der Waals surface area contributed by atoms with E-state index in [4.69, 9.17) is 4.98 Å². The molecule has 3 atom stereocenters. The van der Waals surface area contributed by atoms with Crippen LogP contribution in [0, 0.1) is 18.7 Å². The number of hydrogen-bond donors (Lipinski definition) is 4. The summed E-state index contributed by atoms with van der Waals surface area (Å²) in [6.07, 6.45) is -2.46. The van der Waals surface area contributed by atoms with Crippen molar-refractivity contribution < 1.29 is 36.2 Å². The van der Waals surface area contributed by atoms with Crippen LogP contribution >= 0.6 is 11.3 Å². The van der Waals surface area contributed by atoms with Crippen LogP contribution in [0.1, 0.15) is 43.0 Å². The number of benzene rings is 1. The van der Waals surface area contributed by atoms with E-state index in [1.807, 2.05) is 6.07 Å². The standard InChI is InChI=1S/C28H28F4N6O4S2/c1-14-20(25-36-22-19(43-25)9-11-33-21(22)15-2-3-15)24(37-26(35-14)34-13-28(30,31)32)38-27(40)10-8-16(23(27)39)12-44(41,42)18-6-4-17(29)5-7-18/h4-7,9,11,15-16,23,39-40H,2-3,8,10,12-13H2,1H3,(H2,34,35,37,38). The third-order valence-electron chi connectivity index (χ3n) is 7.82. The highest BCUT2D eigenvalue weighted by atomic mass is 32.2. The van der Waals surface area contributed by atoms with Gasteiger partial charge in [0.2, 0.25) is 5.95 Å². The second-order valence-electron chi connectivity index (χ2n) is 11.2. The second-order valence-corrected chi connectivity index (χ2v) is 14.3. The van der Waals surface area contributed by atoms with Gasteiger partial charge in [0.25, 0.3) is 0 Å². The number of halogens is 4. The van der Waals surface area contributed by atoms with Crippen LogP contribution in [-0.2, 0) is 9.84 Å². The first-order valence-corrected chi connectivity index (χ1v) is 16.3. The van der Waals surface area contributed by atoms with Crippen LogP contribution in [-0.4, -0.2) is 68.9 Å². The van der Waals surface area contributed by atoms with Crippen LogP contribution in [0.4, 0.5) is 29.3 Å². The molecule has 44 heavy (non-hydrogen) atoms. The van der Waals surface area contributed by atoms with Gasteiger partial charge >= 0.3 is 6.18 Å². The SMILES string of the molecule is Cc1nc(NCC(F)(F)F)nc(NC2(O)CCC(CS(=O)(=O)c3ccc(F)cc3)C2O)c1-c1nc2c(C3CC3)nccc2s1. The molecule has 4 aromatic rings. The lowest BCUT2D eigenvalue weighted by atomic mass is 10.0. The normalized spacial score (nSPS) is 22.4. The van der Waals surface area contributed by atoms with Crippen LogP contribution in [0.25, 0.3) is 20.8 Å². The highest BCUT2D eigenvalue weighted by Gasteiger charge is 2.49. The second kappa shape index (κ2) is 11.2. The molecule has 0 bridgehead atoms. The number of aliphatic hydroxyl groups is 2. The average molecular weight is 653 g/mol. The number of nitrogens with one attached hydrogen (secondary N) is 2.